The van der Waals surface area contributed by atoms with Crippen LogP contribution in [0.4, 0.5) is 0 Å². The van der Waals surface area contributed by atoms with E-state index in [2.05, 4.69) is 29.4 Å². The molecule has 9 nitrogen and oxygen atoms in total. The van der Waals surface area contributed by atoms with E-state index in [4.69, 9.17) is 0 Å². The summed E-state index contributed by atoms with van der Waals surface area (Å²) in [5.74, 6) is -0.868. The molecule has 5 rings (SSSR count). The highest BCUT2D eigenvalue weighted by molar-refractivity contribution is 6.05. The number of nitrogens with zero attached hydrogens (tertiary/aromatic N) is 5. The van der Waals surface area contributed by atoms with Crippen molar-refractivity contribution in [3.05, 3.63) is 47.9 Å². The summed E-state index contributed by atoms with van der Waals surface area (Å²) in [5.41, 5.74) is 5.27. The maximum Gasteiger partial charge on any atom is 0.255 e. The van der Waals surface area contributed by atoms with Crippen LogP contribution in [0.5, 0.6) is 0 Å². The third kappa shape index (κ3) is 3.21. The zero-order chi connectivity index (χ0) is 22.6. The molecule has 3 amide bonds. The van der Waals surface area contributed by atoms with Gasteiger partial charge in [0.1, 0.15) is 6.04 Å². The molecular weight excluding hydrogens is 408 g/mol. The molecule has 0 spiro atoms. The van der Waals surface area contributed by atoms with Gasteiger partial charge in [0.05, 0.1) is 18.1 Å². The van der Waals surface area contributed by atoms with E-state index in [1.165, 1.54) is 0 Å². The van der Waals surface area contributed by atoms with E-state index in [-0.39, 0.29) is 24.3 Å². The Morgan fingerprint density at radius 2 is 1.88 bits per heavy atom. The lowest BCUT2D eigenvalue weighted by Gasteiger charge is -2.29. The van der Waals surface area contributed by atoms with Crippen LogP contribution in [0.15, 0.2) is 36.8 Å². The molecule has 2 aliphatic rings. The fourth-order valence-corrected chi connectivity index (χ4v) is 4.48. The first-order valence-corrected chi connectivity index (χ1v) is 10.7. The maximum absolute atomic E-state index is 13.0. The van der Waals surface area contributed by atoms with Crippen LogP contribution in [0.3, 0.4) is 0 Å². The number of rotatable bonds is 4. The number of amides is 3. The van der Waals surface area contributed by atoms with Gasteiger partial charge >= 0.3 is 0 Å². The molecule has 0 unspecified atom stereocenters. The second-order valence-corrected chi connectivity index (χ2v) is 8.61. The number of carbonyl (C=O) groups excluding carboxylic acids is 3. The van der Waals surface area contributed by atoms with Crippen molar-refractivity contribution in [1.82, 2.24) is 29.8 Å². The largest absolute Gasteiger partial charge is 0.322 e. The van der Waals surface area contributed by atoms with Crippen LogP contribution in [-0.4, -0.2) is 48.2 Å². The molecule has 9 heteroatoms. The number of imide groups is 1. The highest BCUT2D eigenvalue weighted by Gasteiger charge is 2.39. The van der Waals surface area contributed by atoms with Crippen molar-refractivity contribution < 1.29 is 14.4 Å². The van der Waals surface area contributed by atoms with E-state index >= 15 is 0 Å². The molecule has 2 aliphatic heterocycles. The fourth-order valence-electron chi connectivity index (χ4n) is 4.48. The molecular formula is C23H24N6O3. The molecule has 2 aromatic heterocycles. The normalized spacial score (nSPS) is 18.4. The Balaban J connectivity index is 1.48. The predicted octanol–water partition coefficient (Wildman–Crippen LogP) is 2.29. The van der Waals surface area contributed by atoms with Gasteiger partial charge in [-0.3, -0.25) is 29.1 Å². The van der Waals surface area contributed by atoms with Crippen LogP contribution in [-0.2, 0) is 23.2 Å². The molecule has 1 saturated heterocycles. The lowest BCUT2D eigenvalue weighted by atomic mass is 9.99. The quantitative estimate of drug-likeness (QED) is 0.638. The van der Waals surface area contributed by atoms with Crippen LogP contribution in [0, 0.1) is 0 Å². The molecule has 1 aromatic carbocycles. The molecule has 4 heterocycles. The Morgan fingerprint density at radius 1 is 1.06 bits per heavy atom. The maximum atomic E-state index is 13.0. The van der Waals surface area contributed by atoms with Crippen LogP contribution in [0.2, 0.25) is 0 Å². The number of nitrogens with one attached hydrogen (secondary N) is 1. The second kappa shape index (κ2) is 7.44. The number of aromatic nitrogens is 4. The number of fused-ring (bicyclic) bond motifs is 1. The zero-order valence-electron chi connectivity index (χ0n) is 18.2. The average molecular weight is 432 g/mol. The summed E-state index contributed by atoms with van der Waals surface area (Å²) in [4.78, 5) is 38.3. The minimum atomic E-state index is -0.619. The number of hydrogen-bond acceptors (Lipinski definition) is 5. The molecule has 32 heavy (non-hydrogen) atoms. The van der Waals surface area contributed by atoms with Gasteiger partial charge in [-0.15, -0.1) is 0 Å². The van der Waals surface area contributed by atoms with Crippen molar-refractivity contribution in [3.8, 4) is 22.4 Å². The Hall–Kier alpha value is -3.75. The molecule has 0 aliphatic carbocycles. The molecule has 1 N–H and O–H groups in total. The van der Waals surface area contributed by atoms with Crippen LogP contribution < -0.4 is 5.32 Å². The molecule has 1 fully saturated rings. The number of hydrogen-bond donors (Lipinski definition) is 1. The number of benzene rings is 1. The lowest BCUT2D eigenvalue weighted by molar-refractivity contribution is -0.136. The summed E-state index contributed by atoms with van der Waals surface area (Å²) in [6.45, 7) is 4.49. The first-order chi connectivity index (χ1) is 15.3. The van der Waals surface area contributed by atoms with Crippen LogP contribution in [0.1, 0.15) is 48.7 Å². The number of carbonyl (C=O) groups is 3. The molecule has 0 bridgehead atoms. The first-order valence-electron chi connectivity index (χ1n) is 10.7. The zero-order valence-corrected chi connectivity index (χ0v) is 18.2. The minimum absolute atomic E-state index is 0.175. The van der Waals surface area contributed by atoms with E-state index in [0.29, 0.717) is 18.5 Å². The van der Waals surface area contributed by atoms with Crippen molar-refractivity contribution in [2.75, 3.05) is 0 Å². The highest BCUT2D eigenvalue weighted by Crippen LogP contribution is 2.35. The fraction of sp³-hybridized carbons (Fsp3) is 0.348. The summed E-state index contributed by atoms with van der Waals surface area (Å²) >= 11 is 0. The molecule has 0 radical (unpaired) electrons. The van der Waals surface area contributed by atoms with Gasteiger partial charge in [-0.1, -0.05) is 6.07 Å². The van der Waals surface area contributed by atoms with Gasteiger partial charge < -0.3 is 4.90 Å². The number of piperidine rings is 1. The Morgan fingerprint density at radius 3 is 2.59 bits per heavy atom. The summed E-state index contributed by atoms with van der Waals surface area (Å²) in [6, 6.07) is 5.36. The standard InChI is InChI=1S/C23H24N6O3/c1-13(2)29-12-16(9-25-29)21-18(10-24-27(21)3)14-4-5-17-15(8-14)11-28(23(17)32)19-6-7-20(30)26-22(19)31/h4-5,8-10,12-13,19H,6-7,11H2,1-3H3,(H,26,30,31)/t19-/m0/s1. The van der Waals surface area contributed by atoms with Crippen molar-refractivity contribution in [2.45, 2.75) is 45.3 Å². The smallest absolute Gasteiger partial charge is 0.255 e. The van der Waals surface area contributed by atoms with Gasteiger partial charge in [0.2, 0.25) is 11.8 Å². The van der Waals surface area contributed by atoms with E-state index in [1.807, 2.05) is 53.2 Å². The number of aryl methyl sites for hydroxylation is 1. The average Bonchev–Trinajstić information content (AvgIpc) is 3.45. The van der Waals surface area contributed by atoms with E-state index in [0.717, 1.165) is 27.9 Å². The van der Waals surface area contributed by atoms with E-state index in [9.17, 15) is 14.4 Å². The third-order valence-electron chi connectivity index (χ3n) is 6.18. The molecule has 3 aromatic rings. The van der Waals surface area contributed by atoms with Crippen molar-refractivity contribution in [2.24, 2.45) is 7.05 Å². The SMILES string of the molecule is CC(C)n1cc(-c2c(-c3ccc4c(c3)CN([C@H]3CCC(=O)NC3=O)C4=O)cnn2C)cn1. The predicted molar refractivity (Wildman–Crippen MR) is 116 cm³/mol. The van der Waals surface area contributed by atoms with Crippen LogP contribution in [0.25, 0.3) is 22.4 Å². The summed E-state index contributed by atoms with van der Waals surface area (Å²) in [5, 5.41) is 11.2. The second-order valence-electron chi connectivity index (χ2n) is 8.61. The van der Waals surface area contributed by atoms with Crippen molar-refractivity contribution >= 4 is 17.7 Å². The molecule has 1 atom stereocenters. The molecule has 0 saturated carbocycles. The first kappa shape index (κ1) is 20.2. The van der Waals surface area contributed by atoms with Gasteiger partial charge in [-0.2, -0.15) is 10.2 Å². The Bertz CT molecular complexity index is 1250. The van der Waals surface area contributed by atoms with Crippen LogP contribution >= 0.6 is 0 Å². The topological polar surface area (TPSA) is 102 Å². The van der Waals surface area contributed by atoms with E-state index in [1.54, 1.807) is 4.90 Å². The summed E-state index contributed by atoms with van der Waals surface area (Å²) < 4.78 is 3.73. The minimum Gasteiger partial charge on any atom is -0.322 e. The van der Waals surface area contributed by atoms with Gasteiger partial charge in [-0.05, 0) is 43.5 Å². The monoisotopic (exact) mass is 432 g/mol. The van der Waals surface area contributed by atoms with Crippen molar-refractivity contribution in [3.63, 3.8) is 0 Å². The highest BCUT2D eigenvalue weighted by atomic mass is 16.2. The van der Waals surface area contributed by atoms with Gasteiger partial charge in [0.25, 0.3) is 5.91 Å². The third-order valence-corrected chi connectivity index (χ3v) is 6.18. The summed E-state index contributed by atoms with van der Waals surface area (Å²) in [7, 11) is 1.90. The lowest BCUT2D eigenvalue weighted by Crippen LogP contribution is -2.52. The summed E-state index contributed by atoms with van der Waals surface area (Å²) in [6.07, 6.45) is 6.25. The van der Waals surface area contributed by atoms with Crippen molar-refractivity contribution in [1.29, 1.82) is 0 Å². The van der Waals surface area contributed by atoms with Gasteiger partial charge in [-0.25, -0.2) is 0 Å². The molecule has 164 valence electrons. The van der Waals surface area contributed by atoms with Gasteiger partial charge in [0, 0.05) is 48.9 Å². The van der Waals surface area contributed by atoms with Gasteiger partial charge in [0.15, 0.2) is 0 Å². The van der Waals surface area contributed by atoms with E-state index < -0.39 is 11.9 Å². The Kier molecular flexibility index (Phi) is 4.69. The Labute approximate surface area is 185 Å².